The van der Waals surface area contributed by atoms with Gasteiger partial charge in [0.15, 0.2) is 5.13 Å². The number of nitrogens with zero attached hydrogens (tertiary/aromatic N) is 2. The molecule has 1 aromatic carbocycles. The first-order valence-electron chi connectivity index (χ1n) is 8.60. The number of carbonyl (C=O) groups is 2. The van der Waals surface area contributed by atoms with E-state index in [1.165, 1.54) is 23.9 Å². The van der Waals surface area contributed by atoms with Crippen LogP contribution in [0.4, 0.5) is 5.13 Å². The lowest BCUT2D eigenvalue weighted by molar-refractivity contribution is -0.121. The number of furan rings is 1. The van der Waals surface area contributed by atoms with Crippen molar-refractivity contribution in [2.75, 3.05) is 18.4 Å². The molecular formula is C19H19N3O3S. The Kier molecular flexibility index (Phi) is 4.46. The number of benzene rings is 1. The normalized spacial score (nSPS) is 17.4. The Morgan fingerprint density at radius 2 is 2.23 bits per heavy atom. The Balaban J connectivity index is 1.45. The Bertz CT molecular complexity index is 948. The minimum Gasteiger partial charge on any atom is -0.472 e. The van der Waals surface area contributed by atoms with E-state index in [0.717, 1.165) is 28.6 Å². The van der Waals surface area contributed by atoms with Gasteiger partial charge in [-0.15, -0.1) is 0 Å². The maximum Gasteiger partial charge on any atom is 0.257 e. The SMILES string of the molecule is Cc1cccc2sc(NC(=O)C3CCCN(C(=O)c4ccoc4)C3)nc12. The highest BCUT2D eigenvalue weighted by Crippen LogP contribution is 2.29. The molecule has 6 nitrogen and oxygen atoms in total. The van der Waals surface area contributed by atoms with Crippen LogP contribution in [-0.2, 0) is 4.79 Å². The van der Waals surface area contributed by atoms with Crippen LogP contribution in [0, 0.1) is 12.8 Å². The van der Waals surface area contributed by atoms with E-state index >= 15 is 0 Å². The summed E-state index contributed by atoms with van der Waals surface area (Å²) in [7, 11) is 0. The zero-order valence-electron chi connectivity index (χ0n) is 14.4. The number of aromatic nitrogens is 1. The number of hydrogen-bond acceptors (Lipinski definition) is 5. The van der Waals surface area contributed by atoms with E-state index in [-0.39, 0.29) is 17.7 Å². The molecule has 0 radical (unpaired) electrons. The molecule has 2 aromatic heterocycles. The van der Waals surface area contributed by atoms with Crippen LogP contribution in [0.2, 0.25) is 0 Å². The molecule has 1 atom stereocenters. The fraction of sp³-hybridized carbons (Fsp3) is 0.316. The van der Waals surface area contributed by atoms with Crippen LogP contribution in [0.3, 0.4) is 0 Å². The molecule has 2 amide bonds. The van der Waals surface area contributed by atoms with Crippen LogP contribution >= 0.6 is 11.3 Å². The van der Waals surface area contributed by atoms with Crippen molar-refractivity contribution in [1.29, 1.82) is 0 Å². The van der Waals surface area contributed by atoms with Crippen molar-refractivity contribution < 1.29 is 14.0 Å². The number of fused-ring (bicyclic) bond motifs is 1. The van der Waals surface area contributed by atoms with Crippen molar-refractivity contribution in [2.45, 2.75) is 19.8 Å². The third-order valence-corrected chi connectivity index (χ3v) is 5.63. The van der Waals surface area contributed by atoms with Gasteiger partial charge >= 0.3 is 0 Å². The van der Waals surface area contributed by atoms with Crippen LogP contribution in [0.1, 0.15) is 28.8 Å². The molecule has 1 fully saturated rings. The highest BCUT2D eigenvalue weighted by Gasteiger charge is 2.29. The van der Waals surface area contributed by atoms with Gasteiger partial charge in [-0.05, 0) is 37.5 Å². The molecule has 7 heteroatoms. The molecule has 26 heavy (non-hydrogen) atoms. The van der Waals surface area contributed by atoms with Crippen molar-refractivity contribution in [3.63, 3.8) is 0 Å². The van der Waals surface area contributed by atoms with Gasteiger partial charge in [0.2, 0.25) is 5.91 Å². The highest BCUT2D eigenvalue weighted by atomic mass is 32.1. The van der Waals surface area contributed by atoms with Crippen LogP contribution in [-0.4, -0.2) is 34.8 Å². The number of thiazole rings is 1. The number of aryl methyl sites for hydroxylation is 1. The molecule has 1 saturated heterocycles. The van der Waals surface area contributed by atoms with Gasteiger partial charge < -0.3 is 14.6 Å². The van der Waals surface area contributed by atoms with E-state index in [1.54, 1.807) is 11.0 Å². The second kappa shape index (κ2) is 6.92. The van der Waals surface area contributed by atoms with E-state index in [0.29, 0.717) is 23.8 Å². The predicted molar refractivity (Wildman–Crippen MR) is 100 cm³/mol. The Labute approximate surface area is 154 Å². The largest absolute Gasteiger partial charge is 0.472 e. The standard InChI is InChI=1S/C19H19N3O3S/c1-12-4-2-6-15-16(12)20-19(26-15)21-17(23)13-5-3-8-22(10-13)18(24)14-7-9-25-11-14/h2,4,6-7,9,11,13H,3,5,8,10H2,1H3,(H,20,21,23). The molecule has 134 valence electrons. The molecule has 1 aliphatic rings. The summed E-state index contributed by atoms with van der Waals surface area (Å²) in [6, 6.07) is 7.65. The summed E-state index contributed by atoms with van der Waals surface area (Å²) in [5, 5.41) is 3.54. The van der Waals surface area contributed by atoms with Crippen LogP contribution < -0.4 is 5.32 Å². The molecular weight excluding hydrogens is 350 g/mol. The number of anilines is 1. The van der Waals surface area contributed by atoms with Gasteiger partial charge in [0.1, 0.15) is 6.26 Å². The molecule has 0 aliphatic carbocycles. The highest BCUT2D eigenvalue weighted by molar-refractivity contribution is 7.22. The number of piperidine rings is 1. The Morgan fingerprint density at radius 1 is 1.35 bits per heavy atom. The van der Waals surface area contributed by atoms with Crippen LogP contribution in [0.25, 0.3) is 10.2 Å². The number of amides is 2. The van der Waals surface area contributed by atoms with Gasteiger partial charge in [-0.1, -0.05) is 23.5 Å². The number of likely N-dealkylation sites (tertiary alicyclic amines) is 1. The van der Waals surface area contributed by atoms with E-state index in [2.05, 4.69) is 10.3 Å². The average Bonchev–Trinajstić information content (AvgIpc) is 3.31. The summed E-state index contributed by atoms with van der Waals surface area (Å²) in [6.07, 6.45) is 4.50. The number of hydrogen-bond donors (Lipinski definition) is 1. The third-order valence-electron chi connectivity index (χ3n) is 4.70. The summed E-state index contributed by atoms with van der Waals surface area (Å²) in [4.78, 5) is 31.4. The maximum atomic E-state index is 12.7. The first kappa shape index (κ1) is 16.8. The lowest BCUT2D eigenvalue weighted by Crippen LogP contribution is -2.43. The van der Waals surface area contributed by atoms with E-state index in [4.69, 9.17) is 4.42 Å². The third kappa shape index (κ3) is 3.22. The zero-order valence-corrected chi connectivity index (χ0v) is 15.2. The minimum atomic E-state index is -0.229. The molecule has 1 aliphatic heterocycles. The lowest BCUT2D eigenvalue weighted by Gasteiger charge is -2.31. The zero-order chi connectivity index (χ0) is 18.1. The first-order chi connectivity index (χ1) is 12.6. The first-order valence-corrected chi connectivity index (χ1v) is 9.42. The smallest absolute Gasteiger partial charge is 0.257 e. The summed E-state index contributed by atoms with van der Waals surface area (Å²) < 4.78 is 6.04. The fourth-order valence-corrected chi connectivity index (χ4v) is 4.24. The van der Waals surface area contributed by atoms with E-state index < -0.39 is 0 Å². The summed E-state index contributed by atoms with van der Waals surface area (Å²) >= 11 is 1.47. The summed E-state index contributed by atoms with van der Waals surface area (Å²) in [5.74, 6) is -0.397. The fourth-order valence-electron chi connectivity index (χ4n) is 3.29. The summed E-state index contributed by atoms with van der Waals surface area (Å²) in [5.41, 5.74) is 2.54. The van der Waals surface area contributed by atoms with E-state index in [1.807, 2.05) is 25.1 Å². The van der Waals surface area contributed by atoms with Crippen molar-refractivity contribution >= 4 is 38.5 Å². The van der Waals surface area contributed by atoms with Gasteiger partial charge in [-0.25, -0.2) is 4.98 Å². The molecule has 0 spiro atoms. The van der Waals surface area contributed by atoms with Crippen molar-refractivity contribution in [3.05, 3.63) is 47.9 Å². The second-order valence-electron chi connectivity index (χ2n) is 6.53. The molecule has 3 aromatic rings. The van der Waals surface area contributed by atoms with Crippen molar-refractivity contribution in [3.8, 4) is 0 Å². The van der Waals surface area contributed by atoms with Gasteiger partial charge in [0.05, 0.1) is 28.0 Å². The monoisotopic (exact) mass is 369 g/mol. The topological polar surface area (TPSA) is 75.4 Å². The molecule has 0 saturated carbocycles. The van der Waals surface area contributed by atoms with Crippen molar-refractivity contribution in [1.82, 2.24) is 9.88 Å². The maximum absolute atomic E-state index is 12.7. The lowest BCUT2D eigenvalue weighted by atomic mass is 9.97. The Hall–Kier alpha value is -2.67. The number of para-hydroxylation sites is 1. The minimum absolute atomic E-state index is 0.0774. The van der Waals surface area contributed by atoms with E-state index in [9.17, 15) is 9.59 Å². The molecule has 1 N–H and O–H groups in total. The molecule has 4 rings (SSSR count). The van der Waals surface area contributed by atoms with Crippen LogP contribution in [0.5, 0.6) is 0 Å². The predicted octanol–water partition coefficient (Wildman–Crippen LogP) is 3.69. The Morgan fingerprint density at radius 3 is 3.00 bits per heavy atom. The van der Waals surface area contributed by atoms with Gasteiger partial charge in [-0.3, -0.25) is 9.59 Å². The summed E-state index contributed by atoms with van der Waals surface area (Å²) in [6.45, 7) is 3.09. The molecule has 0 bridgehead atoms. The van der Waals surface area contributed by atoms with Gasteiger partial charge in [0.25, 0.3) is 5.91 Å². The molecule has 1 unspecified atom stereocenters. The molecule has 3 heterocycles. The number of nitrogens with one attached hydrogen (secondary N) is 1. The second-order valence-corrected chi connectivity index (χ2v) is 7.56. The average molecular weight is 369 g/mol. The van der Waals surface area contributed by atoms with Crippen LogP contribution in [0.15, 0.2) is 41.2 Å². The quantitative estimate of drug-likeness (QED) is 0.764. The van der Waals surface area contributed by atoms with Gasteiger partial charge in [0, 0.05) is 13.1 Å². The number of rotatable bonds is 3. The number of carbonyl (C=O) groups excluding carboxylic acids is 2. The van der Waals surface area contributed by atoms with Gasteiger partial charge in [-0.2, -0.15) is 0 Å². The van der Waals surface area contributed by atoms with Crippen molar-refractivity contribution in [2.24, 2.45) is 5.92 Å².